The van der Waals surface area contributed by atoms with Crippen LogP contribution < -0.4 is 10.5 Å². The fourth-order valence-corrected chi connectivity index (χ4v) is 1.83. The standard InChI is InChI=1S/C15H17NOS/c1-11(18)13-7-8-14(16)15(9-13)17-10-12-5-3-2-4-6-12/h2-9,11,18H,10,16H2,1H3. The maximum Gasteiger partial charge on any atom is 0.143 e. The molecule has 0 aromatic heterocycles. The molecular formula is C15H17NOS. The van der Waals surface area contributed by atoms with E-state index in [-0.39, 0.29) is 5.25 Å². The van der Waals surface area contributed by atoms with E-state index in [4.69, 9.17) is 10.5 Å². The second-order valence-electron chi connectivity index (χ2n) is 4.25. The topological polar surface area (TPSA) is 35.2 Å². The fourth-order valence-electron chi connectivity index (χ4n) is 1.67. The molecule has 0 spiro atoms. The smallest absolute Gasteiger partial charge is 0.143 e. The highest BCUT2D eigenvalue weighted by atomic mass is 32.1. The molecule has 3 heteroatoms. The van der Waals surface area contributed by atoms with E-state index in [9.17, 15) is 0 Å². The summed E-state index contributed by atoms with van der Waals surface area (Å²) in [6.07, 6.45) is 0. The van der Waals surface area contributed by atoms with Crippen molar-refractivity contribution >= 4 is 18.3 Å². The van der Waals surface area contributed by atoms with Crippen molar-refractivity contribution < 1.29 is 4.74 Å². The molecule has 2 aromatic carbocycles. The quantitative estimate of drug-likeness (QED) is 0.646. The van der Waals surface area contributed by atoms with Crippen LogP contribution >= 0.6 is 12.6 Å². The van der Waals surface area contributed by atoms with E-state index < -0.39 is 0 Å². The zero-order chi connectivity index (χ0) is 13.0. The molecule has 0 amide bonds. The van der Waals surface area contributed by atoms with Crippen molar-refractivity contribution in [3.05, 3.63) is 59.7 Å². The van der Waals surface area contributed by atoms with Crippen molar-refractivity contribution in [2.24, 2.45) is 0 Å². The molecule has 1 unspecified atom stereocenters. The number of nitrogens with two attached hydrogens (primary N) is 1. The van der Waals surface area contributed by atoms with Gasteiger partial charge in [0, 0.05) is 5.25 Å². The Labute approximate surface area is 113 Å². The lowest BCUT2D eigenvalue weighted by Gasteiger charge is -2.12. The Morgan fingerprint density at radius 3 is 2.56 bits per heavy atom. The van der Waals surface area contributed by atoms with E-state index in [1.54, 1.807) is 0 Å². The van der Waals surface area contributed by atoms with Crippen LogP contribution in [0.4, 0.5) is 5.69 Å². The summed E-state index contributed by atoms with van der Waals surface area (Å²) in [5, 5.41) is 0.171. The average Bonchev–Trinajstić information content (AvgIpc) is 2.38. The maximum absolute atomic E-state index is 5.90. The molecule has 0 aliphatic carbocycles. The minimum absolute atomic E-state index is 0.171. The Hall–Kier alpha value is -1.61. The molecule has 0 saturated heterocycles. The molecule has 0 saturated carbocycles. The van der Waals surface area contributed by atoms with Crippen LogP contribution in [0, 0.1) is 0 Å². The third kappa shape index (κ3) is 3.20. The molecule has 94 valence electrons. The molecule has 0 heterocycles. The van der Waals surface area contributed by atoms with E-state index >= 15 is 0 Å². The van der Waals surface area contributed by atoms with Gasteiger partial charge in [0.15, 0.2) is 0 Å². The Bertz CT molecular complexity index is 511. The van der Waals surface area contributed by atoms with Crippen molar-refractivity contribution in [2.45, 2.75) is 18.8 Å². The van der Waals surface area contributed by atoms with Gasteiger partial charge in [-0.2, -0.15) is 12.6 Å². The molecule has 0 bridgehead atoms. The third-order valence-corrected chi connectivity index (χ3v) is 3.06. The van der Waals surface area contributed by atoms with Crippen LogP contribution in [-0.4, -0.2) is 0 Å². The third-order valence-electron chi connectivity index (χ3n) is 2.76. The largest absolute Gasteiger partial charge is 0.487 e. The highest BCUT2D eigenvalue weighted by Crippen LogP contribution is 2.28. The zero-order valence-corrected chi connectivity index (χ0v) is 11.2. The number of rotatable bonds is 4. The normalized spacial score (nSPS) is 12.1. The minimum atomic E-state index is 0.171. The Balaban J connectivity index is 2.11. The predicted octanol–water partition coefficient (Wildman–Crippen LogP) is 3.84. The van der Waals surface area contributed by atoms with Crippen LogP contribution in [0.1, 0.15) is 23.3 Å². The summed E-state index contributed by atoms with van der Waals surface area (Å²) in [6, 6.07) is 15.8. The molecule has 1 atom stereocenters. The van der Waals surface area contributed by atoms with Crippen molar-refractivity contribution in [1.29, 1.82) is 0 Å². The number of hydrogen-bond donors (Lipinski definition) is 2. The molecule has 0 radical (unpaired) electrons. The molecule has 0 aliphatic rings. The second kappa shape index (κ2) is 5.83. The van der Waals surface area contributed by atoms with E-state index in [0.29, 0.717) is 12.3 Å². The lowest BCUT2D eigenvalue weighted by atomic mass is 10.1. The van der Waals surface area contributed by atoms with Gasteiger partial charge < -0.3 is 10.5 Å². The van der Waals surface area contributed by atoms with Crippen LogP contribution in [-0.2, 0) is 6.61 Å². The molecule has 0 aliphatic heterocycles. The number of benzene rings is 2. The molecular weight excluding hydrogens is 242 g/mol. The predicted molar refractivity (Wildman–Crippen MR) is 79.0 cm³/mol. The van der Waals surface area contributed by atoms with Crippen LogP contribution in [0.2, 0.25) is 0 Å². The summed E-state index contributed by atoms with van der Waals surface area (Å²) in [4.78, 5) is 0. The van der Waals surface area contributed by atoms with Crippen LogP contribution in [0.15, 0.2) is 48.5 Å². The Morgan fingerprint density at radius 2 is 1.89 bits per heavy atom. The van der Waals surface area contributed by atoms with Crippen molar-refractivity contribution in [2.75, 3.05) is 5.73 Å². The lowest BCUT2D eigenvalue weighted by molar-refractivity contribution is 0.307. The van der Waals surface area contributed by atoms with E-state index in [1.165, 1.54) is 0 Å². The number of thiol groups is 1. The van der Waals surface area contributed by atoms with Gasteiger partial charge in [0.1, 0.15) is 12.4 Å². The van der Waals surface area contributed by atoms with Gasteiger partial charge in [-0.05, 0) is 30.2 Å². The van der Waals surface area contributed by atoms with E-state index in [1.807, 2.05) is 55.5 Å². The van der Waals surface area contributed by atoms with Crippen molar-refractivity contribution in [1.82, 2.24) is 0 Å². The fraction of sp³-hybridized carbons (Fsp3) is 0.200. The monoisotopic (exact) mass is 259 g/mol. The molecule has 2 N–H and O–H groups in total. The summed E-state index contributed by atoms with van der Waals surface area (Å²) in [6.45, 7) is 2.55. The average molecular weight is 259 g/mol. The SMILES string of the molecule is CC(S)c1ccc(N)c(OCc2ccccc2)c1. The Morgan fingerprint density at radius 1 is 1.17 bits per heavy atom. The van der Waals surface area contributed by atoms with E-state index in [2.05, 4.69) is 12.6 Å². The number of hydrogen-bond acceptors (Lipinski definition) is 3. The molecule has 2 rings (SSSR count). The molecule has 0 fully saturated rings. The summed E-state index contributed by atoms with van der Waals surface area (Å²) in [5.41, 5.74) is 8.79. The summed E-state index contributed by atoms with van der Waals surface area (Å²) >= 11 is 4.41. The molecule has 2 aromatic rings. The molecule has 18 heavy (non-hydrogen) atoms. The van der Waals surface area contributed by atoms with Gasteiger partial charge >= 0.3 is 0 Å². The minimum Gasteiger partial charge on any atom is -0.487 e. The summed E-state index contributed by atoms with van der Waals surface area (Å²) in [7, 11) is 0. The van der Waals surface area contributed by atoms with Gasteiger partial charge in [0.05, 0.1) is 5.69 Å². The van der Waals surface area contributed by atoms with Gasteiger partial charge in [0.2, 0.25) is 0 Å². The summed E-state index contributed by atoms with van der Waals surface area (Å²) in [5.74, 6) is 0.720. The van der Waals surface area contributed by atoms with Gasteiger partial charge in [-0.25, -0.2) is 0 Å². The lowest BCUT2D eigenvalue weighted by Crippen LogP contribution is -1.99. The van der Waals surface area contributed by atoms with Crippen molar-refractivity contribution in [3.8, 4) is 5.75 Å². The number of ether oxygens (including phenoxy) is 1. The van der Waals surface area contributed by atoms with Gasteiger partial charge in [0.25, 0.3) is 0 Å². The first-order valence-corrected chi connectivity index (χ1v) is 6.42. The number of anilines is 1. The highest BCUT2D eigenvalue weighted by molar-refractivity contribution is 7.80. The second-order valence-corrected chi connectivity index (χ2v) is 5.02. The first-order valence-electron chi connectivity index (χ1n) is 5.91. The van der Waals surface area contributed by atoms with Gasteiger partial charge in [-0.3, -0.25) is 0 Å². The number of nitrogen functional groups attached to an aromatic ring is 1. The highest BCUT2D eigenvalue weighted by Gasteiger charge is 2.06. The first-order chi connectivity index (χ1) is 8.66. The van der Waals surface area contributed by atoms with Gasteiger partial charge in [-0.15, -0.1) is 0 Å². The van der Waals surface area contributed by atoms with Crippen LogP contribution in [0.3, 0.4) is 0 Å². The van der Waals surface area contributed by atoms with Crippen LogP contribution in [0.25, 0.3) is 0 Å². The Kier molecular flexibility index (Phi) is 4.15. The first kappa shape index (κ1) is 12.8. The van der Waals surface area contributed by atoms with E-state index in [0.717, 1.165) is 16.9 Å². The van der Waals surface area contributed by atoms with Crippen LogP contribution in [0.5, 0.6) is 5.75 Å². The van der Waals surface area contributed by atoms with Gasteiger partial charge in [-0.1, -0.05) is 36.4 Å². The zero-order valence-electron chi connectivity index (χ0n) is 10.3. The maximum atomic E-state index is 5.90. The summed E-state index contributed by atoms with van der Waals surface area (Å²) < 4.78 is 5.75. The molecule has 2 nitrogen and oxygen atoms in total. The van der Waals surface area contributed by atoms with Crippen molar-refractivity contribution in [3.63, 3.8) is 0 Å².